The Labute approximate surface area is 122 Å². The predicted octanol–water partition coefficient (Wildman–Crippen LogP) is -1.04. The summed E-state index contributed by atoms with van der Waals surface area (Å²) in [6.07, 6.45) is 1.81. The van der Waals surface area contributed by atoms with Crippen LogP contribution in [0.5, 0.6) is 0 Å². The molecule has 3 heterocycles. The maximum Gasteiger partial charge on any atom is 0.353 e. The van der Waals surface area contributed by atoms with Gasteiger partial charge in [0.1, 0.15) is 16.8 Å². The highest BCUT2D eigenvalue weighted by Gasteiger charge is 2.51. The number of β-lactam (4-membered cyclic amide) rings is 1. The number of aromatic nitrogens is 3. The lowest BCUT2D eigenvalue weighted by Crippen LogP contribution is -2.51. The minimum Gasteiger partial charge on any atom is -0.477 e. The molecule has 0 unspecified atom stereocenters. The van der Waals surface area contributed by atoms with E-state index >= 15 is 0 Å². The Morgan fingerprint density at radius 3 is 2.86 bits per heavy atom. The van der Waals surface area contributed by atoms with E-state index in [-0.39, 0.29) is 35.5 Å². The van der Waals surface area contributed by atoms with Crippen molar-refractivity contribution >= 4 is 29.2 Å². The number of nitrogens with one attached hydrogen (secondary N) is 1. The van der Waals surface area contributed by atoms with Crippen molar-refractivity contribution in [1.82, 2.24) is 20.3 Å². The number of rotatable bonds is 4. The average molecular weight is 312 g/mol. The number of thioether (sulfide) groups is 1. The molecule has 21 heavy (non-hydrogen) atoms. The van der Waals surface area contributed by atoms with Gasteiger partial charge in [0, 0.05) is 18.2 Å². The van der Waals surface area contributed by atoms with Crippen molar-refractivity contribution < 1.29 is 25.3 Å². The summed E-state index contributed by atoms with van der Waals surface area (Å²) in [7, 11) is 0. The minimum atomic E-state index is -1.13. The van der Waals surface area contributed by atoms with Gasteiger partial charge < -0.3 is 15.7 Å². The largest absolute Gasteiger partial charge is 0.477 e. The molecule has 0 radical (unpaired) electrons. The van der Waals surface area contributed by atoms with Gasteiger partial charge >= 0.3 is 5.97 Å². The number of carbonyl (C=O) groups excluding carboxylic acids is 1. The molecule has 0 saturated carbocycles. The van der Waals surface area contributed by atoms with Gasteiger partial charge in [-0.05, 0) is 12.0 Å². The Kier molecular flexibility index (Phi) is 4.11. The van der Waals surface area contributed by atoms with Gasteiger partial charge in [-0.2, -0.15) is 0 Å². The lowest BCUT2D eigenvalue weighted by molar-refractivity contribution is -0.141. The zero-order chi connectivity index (χ0) is 14.3. The molecule has 3 rings (SSSR count). The number of H-pyrrole nitrogens is 1. The average Bonchev–Trinajstić information content (AvgIpc) is 3.05. The lowest BCUT2D eigenvalue weighted by atomic mass is 9.94. The van der Waals surface area contributed by atoms with Crippen molar-refractivity contribution in [1.29, 1.82) is 0 Å². The molecule has 2 aliphatic rings. The number of nitrogens with zero attached hydrogens (tertiary/aromatic N) is 3. The summed E-state index contributed by atoms with van der Waals surface area (Å²) in [5, 5.41) is 29.2. The van der Waals surface area contributed by atoms with Gasteiger partial charge in [-0.3, -0.25) is 14.8 Å². The highest BCUT2D eigenvalue weighted by molar-refractivity contribution is 8.03. The van der Waals surface area contributed by atoms with E-state index in [1.165, 1.54) is 22.1 Å². The minimum absolute atomic E-state index is 0. The van der Waals surface area contributed by atoms with Crippen molar-refractivity contribution in [3.63, 3.8) is 0 Å². The quantitative estimate of drug-likeness (QED) is 0.474. The second-order valence-electron chi connectivity index (χ2n) is 4.20. The van der Waals surface area contributed by atoms with Crippen LogP contribution in [0.25, 0.3) is 5.57 Å². The zero-order valence-electron chi connectivity index (χ0n) is 10.6. The Morgan fingerprint density at radius 1 is 1.52 bits per heavy atom. The van der Waals surface area contributed by atoms with Gasteiger partial charge in [0.2, 0.25) is 0 Å². The summed E-state index contributed by atoms with van der Waals surface area (Å²) in [5.41, 5.74) is 1.55. The molecule has 10 heteroatoms. The molecule has 0 aliphatic carbocycles. The number of aromatic amines is 1. The first kappa shape index (κ1) is 15.2. The van der Waals surface area contributed by atoms with Crippen LogP contribution in [0.3, 0.4) is 0 Å². The number of amides is 1. The van der Waals surface area contributed by atoms with Crippen molar-refractivity contribution in [3.8, 4) is 0 Å². The molecule has 1 aromatic rings. The number of carboxylic acids is 1. The van der Waals surface area contributed by atoms with E-state index in [1.807, 2.05) is 0 Å². The monoisotopic (exact) mass is 312 g/mol. The van der Waals surface area contributed by atoms with Crippen molar-refractivity contribution in [2.45, 2.75) is 11.8 Å². The van der Waals surface area contributed by atoms with Gasteiger partial charge in [0.15, 0.2) is 0 Å². The van der Waals surface area contributed by atoms with E-state index in [1.54, 1.807) is 6.20 Å². The molecule has 1 fully saturated rings. The van der Waals surface area contributed by atoms with Crippen LogP contribution in [0.15, 0.2) is 22.9 Å². The van der Waals surface area contributed by atoms with Crippen LogP contribution in [0.2, 0.25) is 0 Å². The highest BCUT2D eigenvalue weighted by Crippen LogP contribution is 2.47. The Balaban J connectivity index is 0.00000161. The summed E-state index contributed by atoms with van der Waals surface area (Å²) < 4.78 is 0. The number of aliphatic hydroxyl groups is 1. The smallest absolute Gasteiger partial charge is 0.353 e. The van der Waals surface area contributed by atoms with Crippen LogP contribution in [0, 0.1) is 0 Å². The first-order chi connectivity index (χ1) is 9.65. The number of hydrogen-bond acceptors (Lipinski definition) is 6. The van der Waals surface area contributed by atoms with Gasteiger partial charge in [-0.25, -0.2) is 4.79 Å². The SMILES string of the molecule is O.O=C(O)C1=CS[C@@H]2/C(=C(/CCO)c3c[nH]nn3)C(=O)N12. The molecule has 1 saturated heterocycles. The Hall–Kier alpha value is -2.17. The van der Waals surface area contributed by atoms with E-state index in [0.717, 1.165) is 0 Å². The first-order valence-corrected chi connectivity index (χ1v) is 6.72. The van der Waals surface area contributed by atoms with Crippen LogP contribution >= 0.6 is 11.8 Å². The van der Waals surface area contributed by atoms with Crippen molar-refractivity contribution in [2.24, 2.45) is 0 Å². The molecule has 1 atom stereocenters. The number of fused-ring (bicyclic) bond motifs is 1. The summed E-state index contributed by atoms with van der Waals surface area (Å²) >= 11 is 1.26. The Bertz CT molecular complexity index is 639. The van der Waals surface area contributed by atoms with E-state index in [4.69, 9.17) is 10.2 Å². The van der Waals surface area contributed by atoms with Crippen LogP contribution in [0.1, 0.15) is 12.1 Å². The fourth-order valence-electron chi connectivity index (χ4n) is 2.25. The second kappa shape index (κ2) is 5.68. The molecule has 1 amide bonds. The van der Waals surface area contributed by atoms with Gasteiger partial charge in [0.25, 0.3) is 5.91 Å². The van der Waals surface area contributed by atoms with E-state index < -0.39 is 5.97 Å². The normalized spacial score (nSPS) is 22.1. The van der Waals surface area contributed by atoms with Gasteiger partial charge in [-0.15, -0.1) is 16.9 Å². The van der Waals surface area contributed by atoms with Crippen LogP contribution in [-0.4, -0.2) is 59.9 Å². The number of aliphatic carboxylic acids is 1. The molecule has 2 aliphatic heterocycles. The predicted molar refractivity (Wildman–Crippen MR) is 72.6 cm³/mol. The Morgan fingerprint density at radius 2 is 2.29 bits per heavy atom. The maximum atomic E-state index is 12.2. The summed E-state index contributed by atoms with van der Waals surface area (Å²) in [5.74, 6) is -1.49. The molecular weight excluding hydrogens is 300 g/mol. The number of carbonyl (C=O) groups is 2. The number of hydrogen-bond donors (Lipinski definition) is 3. The summed E-state index contributed by atoms with van der Waals surface area (Å²) in [6.45, 7) is -0.129. The van der Waals surface area contributed by atoms with Gasteiger partial charge in [-0.1, -0.05) is 5.21 Å². The summed E-state index contributed by atoms with van der Waals surface area (Å²) in [6, 6.07) is 0. The molecular formula is C11H12N4O5S. The van der Waals surface area contributed by atoms with Crippen LogP contribution in [0.4, 0.5) is 0 Å². The number of carboxylic acid groups (broad SMARTS) is 1. The maximum absolute atomic E-state index is 12.2. The summed E-state index contributed by atoms with van der Waals surface area (Å²) in [4.78, 5) is 24.4. The molecule has 0 aromatic carbocycles. The van der Waals surface area contributed by atoms with E-state index in [2.05, 4.69) is 15.4 Å². The molecule has 112 valence electrons. The molecule has 9 nitrogen and oxygen atoms in total. The molecule has 5 N–H and O–H groups in total. The van der Waals surface area contributed by atoms with Crippen molar-refractivity contribution in [2.75, 3.05) is 6.61 Å². The third kappa shape index (κ3) is 2.22. The van der Waals surface area contributed by atoms with Gasteiger partial charge in [0.05, 0.1) is 5.57 Å². The second-order valence-corrected chi connectivity index (χ2v) is 5.15. The zero-order valence-corrected chi connectivity index (χ0v) is 11.4. The molecule has 1 aromatic heterocycles. The van der Waals surface area contributed by atoms with Crippen LogP contribution < -0.4 is 0 Å². The lowest BCUT2D eigenvalue weighted by Gasteiger charge is -2.38. The third-order valence-electron chi connectivity index (χ3n) is 3.13. The fraction of sp³-hybridized carbons (Fsp3) is 0.273. The molecule has 0 spiro atoms. The van der Waals surface area contributed by atoms with E-state index in [9.17, 15) is 9.59 Å². The fourth-order valence-corrected chi connectivity index (χ4v) is 3.43. The topological polar surface area (TPSA) is 151 Å². The van der Waals surface area contributed by atoms with Crippen LogP contribution in [-0.2, 0) is 9.59 Å². The molecule has 0 bridgehead atoms. The standard InChI is InChI=1S/C11H10N4O4S.H2O/c16-2-1-5(6-3-12-14-13-6)8-9(17)15-7(11(18)19)4-20-10(8)15;/h3-4,10,16H,1-2H2,(H,18,19)(H,12,13,14);1H2/b8-5-;/t10-;/m1./s1. The third-order valence-corrected chi connectivity index (χ3v) is 4.19. The van der Waals surface area contributed by atoms with Crippen molar-refractivity contribution in [3.05, 3.63) is 28.6 Å². The highest BCUT2D eigenvalue weighted by atomic mass is 32.2. The first-order valence-electron chi connectivity index (χ1n) is 5.78. The van der Waals surface area contributed by atoms with E-state index in [0.29, 0.717) is 16.8 Å². The number of aliphatic hydroxyl groups excluding tert-OH is 1.